The van der Waals surface area contributed by atoms with Gasteiger partial charge in [-0.25, -0.2) is 8.42 Å². The van der Waals surface area contributed by atoms with Crippen LogP contribution in [0, 0.1) is 6.92 Å². The third kappa shape index (κ3) is 5.36. The highest BCUT2D eigenvalue weighted by Crippen LogP contribution is 2.26. The first-order valence-electron chi connectivity index (χ1n) is 11.0. The molecule has 0 bridgehead atoms. The van der Waals surface area contributed by atoms with E-state index < -0.39 is 10.0 Å². The van der Waals surface area contributed by atoms with Gasteiger partial charge in [0.25, 0.3) is 5.91 Å². The summed E-state index contributed by atoms with van der Waals surface area (Å²) < 4.78 is 27.8. The molecular formula is C25H34N2O3S. The molecule has 5 nitrogen and oxygen atoms in total. The summed E-state index contributed by atoms with van der Waals surface area (Å²) in [6.45, 7) is 11.3. The molecule has 0 saturated carbocycles. The largest absolute Gasteiger partial charge is 0.346 e. The van der Waals surface area contributed by atoms with Crippen LogP contribution in [-0.2, 0) is 15.4 Å². The molecular weight excluding hydrogens is 408 g/mol. The van der Waals surface area contributed by atoms with Gasteiger partial charge in [0.1, 0.15) is 0 Å². The number of hydrogen-bond donors (Lipinski definition) is 1. The Morgan fingerprint density at radius 2 is 1.61 bits per heavy atom. The maximum atomic E-state index is 13.1. The van der Waals surface area contributed by atoms with Crippen LogP contribution < -0.4 is 5.32 Å². The minimum absolute atomic E-state index is 0.0726. The maximum Gasteiger partial charge on any atom is 0.251 e. The molecule has 1 heterocycles. The van der Waals surface area contributed by atoms with Crippen LogP contribution in [-0.4, -0.2) is 31.7 Å². The molecule has 31 heavy (non-hydrogen) atoms. The lowest BCUT2D eigenvalue weighted by Gasteiger charge is -2.26. The second-order valence-corrected chi connectivity index (χ2v) is 11.4. The Bertz CT molecular complexity index is 1030. The number of hydrogen-bond acceptors (Lipinski definition) is 3. The van der Waals surface area contributed by atoms with Gasteiger partial charge < -0.3 is 5.32 Å². The minimum Gasteiger partial charge on any atom is -0.346 e. The maximum absolute atomic E-state index is 13.1. The first kappa shape index (κ1) is 23.5. The van der Waals surface area contributed by atoms with Crippen LogP contribution in [0.2, 0.25) is 0 Å². The monoisotopic (exact) mass is 442 g/mol. The molecule has 1 unspecified atom stereocenters. The predicted octanol–water partition coefficient (Wildman–Crippen LogP) is 4.96. The Balaban J connectivity index is 1.78. The summed E-state index contributed by atoms with van der Waals surface area (Å²) in [6, 6.07) is 13.0. The van der Waals surface area contributed by atoms with Crippen LogP contribution in [0.25, 0.3) is 0 Å². The van der Waals surface area contributed by atoms with E-state index in [0.29, 0.717) is 24.2 Å². The van der Waals surface area contributed by atoms with Gasteiger partial charge in [-0.05, 0) is 60.9 Å². The fraction of sp³-hybridized carbons (Fsp3) is 0.480. The van der Waals surface area contributed by atoms with E-state index in [4.69, 9.17) is 0 Å². The summed E-state index contributed by atoms with van der Waals surface area (Å²) in [7, 11) is -3.59. The van der Waals surface area contributed by atoms with Crippen molar-refractivity contribution >= 4 is 15.9 Å². The summed E-state index contributed by atoms with van der Waals surface area (Å²) in [5.41, 5.74) is 3.34. The van der Waals surface area contributed by atoms with Gasteiger partial charge >= 0.3 is 0 Å². The van der Waals surface area contributed by atoms with E-state index >= 15 is 0 Å². The molecule has 3 rings (SSSR count). The molecule has 1 saturated heterocycles. The van der Waals surface area contributed by atoms with Crippen molar-refractivity contribution in [1.82, 2.24) is 9.62 Å². The van der Waals surface area contributed by atoms with E-state index in [1.807, 2.05) is 19.1 Å². The number of aryl methyl sites for hydroxylation is 1. The van der Waals surface area contributed by atoms with Gasteiger partial charge in [-0.15, -0.1) is 0 Å². The number of nitrogens with zero attached hydrogens (tertiary/aromatic N) is 1. The predicted molar refractivity (Wildman–Crippen MR) is 125 cm³/mol. The first-order chi connectivity index (χ1) is 14.5. The smallest absolute Gasteiger partial charge is 0.251 e. The highest BCUT2D eigenvalue weighted by atomic mass is 32.2. The molecule has 0 spiro atoms. The van der Waals surface area contributed by atoms with Crippen LogP contribution in [0.5, 0.6) is 0 Å². The average Bonchev–Trinajstić information content (AvgIpc) is 2.74. The van der Waals surface area contributed by atoms with Crippen molar-refractivity contribution in [3.8, 4) is 0 Å². The van der Waals surface area contributed by atoms with E-state index in [2.05, 4.69) is 38.2 Å². The number of nitrogens with one attached hydrogen (secondary N) is 1. The number of amides is 1. The number of rotatable bonds is 5. The second kappa shape index (κ2) is 9.13. The standard InChI is InChI=1S/C25H34N2O3S/c1-18-9-10-21(17-23(18)31(29,30)27-15-7-6-8-16-27)24(28)26-19(2)20-11-13-22(14-12-20)25(3,4)5/h9-14,17,19H,6-8,15-16H2,1-5H3,(H,26,28). The molecule has 1 N–H and O–H groups in total. The van der Waals surface area contributed by atoms with Gasteiger partial charge in [0.15, 0.2) is 0 Å². The van der Waals surface area contributed by atoms with Crippen LogP contribution in [0.1, 0.15) is 80.0 Å². The Hall–Kier alpha value is -2.18. The van der Waals surface area contributed by atoms with Crippen molar-refractivity contribution in [1.29, 1.82) is 0 Å². The fourth-order valence-electron chi connectivity index (χ4n) is 3.90. The molecule has 1 fully saturated rings. The van der Waals surface area contributed by atoms with Crippen molar-refractivity contribution in [2.75, 3.05) is 13.1 Å². The fourth-order valence-corrected chi connectivity index (χ4v) is 5.67. The highest BCUT2D eigenvalue weighted by molar-refractivity contribution is 7.89. The third-order valence-electron chi connectivity index (χ3n) is 6.01. The topological polar surface area (TPSA) is 66.5 Å². The Morgan fingerprint density at radius 1 is 1.00 bits per heavy atom. The van der Waals surface area contributed by atoms with Gasteiger partial charge in [0, 0.05) is 18.7 Å². The zero-order valence-corrected chi connectivity index (χ0v) is 20.1. The third-order valence-corrected chi connectivity index (χ3v) is 8.05. The summed E-state index contributed by atoms with van der Waals surface area (Å²) in [5.74, 6) is -0.275. The molecule has 6 heteroatoms. The summed E-state index contributed by atoms with van der Waals surface area (Å²) in [4.78, 5) is 13.1. The Kier molecular flexibility index (Phi) is 6.92. The van der Waals surface area contributed by atoms with Crippen LogP contribution in [0.4, 0.5) is 0 Å². The molecule has 0 aromatic heterocycles. The van der Waals surface area contributed by atoms with Gasteiger partial charge in [-0.1, -0.05) is 57.5 Å². The van der Waals surface area contributed by atoms with Crippen molar-refractivity contribution < 1.29 is 13.2 Å². The van der Waals surface area contributed by atoms with Crippen molar-refractivity contribution in [2.45, 2.75) is 70.2 Å². The van der Waals surface area contributed by atoms with Gasteiger partial charge in [-0.3, -0.25) is 4.79 Å². The van der Waals surface area contributed by atoms with E-state index in [9.17, 15) is 13.2 Å². The molecule has 1 atom stereocenters. The van der Waals surface area contributed by atoms with Crippen LogP contribution in [0.3, 0.4) is 0 Å². The van der Waals surface area contributed by atoms with E-state index in [-0.39, 0.29) is 22.3 Å². The number of carbonyl (C=O) groups excluding carboxylic acids is 1. The molecule has 2 aromatic carbocycles. The Labute approximate surface area is 186 Å². The van der Waals surface area contributed by atoms with Crippen molar-refractivity contribution in [3.05, 3.63) is 64.7 Å². The van der Waals surface area contributed by atoms with Gasteiger partial charge in [0.2, 0.25) is 10.0 Å². The molecule has 2 aromatic rings. The molecule has 0 radical (unpaired) electrons. The molecule has 1 aliphatic rings. The number of carbonyl (C=O) groups is 1. The summed E-state index contributed by atoms with van der Waals surface area (Å²) >= 11 is 0. The van der Waals surface area contributed by atoms with E-state index in [1.54, 1.807) is 23.4 Å². The van der Waals surface area contributed by atoms with Crippen LogP contribution >= 0.6 is 0 Å². The number of benzene rings is 2. The lowest BCUT2D eigenvalue weighted by atomic mass is 9.86. The average molecular weight is 443 g/mol. The SMILES string of the molecule is Cc1ccc(C(=O)NC(C)c2ccc(C(C)(C)C)cc2)cc1S(=O)(=O)N1CCCCC1. The second-order valence-electron chi connectivity index (χ2n) is 9.51. The quantitative estimate of drug-likeness (QED) is 0.712. The van der Waals surface area contributed by atoms with Gasteiger partial charge in [-0.2, -0.15) is 4.31 Å². The van der Waals surface area contributed by atoms with Crippen LogP contribution in [0.15, 0.2) is 47.4 Å². The van der Waals surface area contributed by atoms with Crippen molar-refractivity contribution in [2.24, 2.45) is 0 Å². The molecule has 1 aliphatic heterocycles. The van der Waals surface area contributed by atoms with E-state index in [0.717, 1.165) is 24.8 Å². The summed E-state index contributed by atoms with van der Waals surface area (Å²) in [6.07, 6.45) is 2.82. The molecule has 0 aliphatic carbocycles. The van der Waals surface area contributed by atoms with Crippen molar-refractivity contribution in [3.63, 3.8) is 0 Å². The minimum atomic E-state index is -3.59. The Morgan fingerprint density at radius 3 is 2.19 bits per heavy atom. The molecule has 1 amide bonds. The number of piperidine rings is 1. The highest BCUT2D eigenvalue weighted by Gasteiger charge is 2.28. The zero-order valence-electron chi connectivity index (χ0n) is 19.2. The summed E-state index contributed by atoms with van der Waals surface area (Å²) in [5, 5.41) is 3.00. The normalized spacial score (nSPS) is 16.7. The van der Waals surface area contributed by atoms with E-state index in [1.165, 1.54) is 11.6 Å². The zero-order chi connectivity index (χ0) is 22.8. The number of sulfonamides is 1. The van der Waals surface area contributed by atoms with Gasteiger partial charge in [0.05, 0.1) is 10.9 Å². The molecule has 168 valence electrons. The first-order valence-corrected chi connectivity index (χ1v) is 12.5. The lowest BCUT2D eigenvalue weighted by Crippen LogP contribution is -2.36. The lowest BCUT2D eigenvalue weighted by molar-refractivity contribution is 0.0939.